The Morgan fingerprint density at radius 2 is 1.96 bits per heavy atom. The Morgan fingerprint density at radius 3 is 2.76 bits per heavy atom. The highest BCUT2D eigenvalue weighted by Crippen LogP contribution is 2.29. The highest BCUT2D eigenvalue weighted by Gasteiger charge is 2.35. The SMILES string of the molecule is CCn1cc(Cl)c(C(=O)N2CC[C@@H]3NC(=O)NCCNC(=O)c4cc(OCCOC)cc(c4)Oc4cccc(c4)CO[C@H]3C2)n1. The number of aryl methyl sites for hydroxylation is 1. The van der Waals surface area contributed by atoms with Crippen LogP contribution < -0.4 is 25.4 Å². The zero-order chi connectivity index (χ0) is 31.8. The van der Waals surface area contributed by atoms with E-state index in [2.05, 4.69) is 21.0 Å². The van der Waals surface area contributed by atoms with E-state index in [9.17, 15) is 14.4 Å². The van der Waals surface area contributed by atoms with Crippen molar-refractivity contribution in [2.45, 2.75) is 38.6 Å². The number of halogens is 1. The van der Waals surface area contributed by atoms with E-state index in [1.165, 1.54) is 0 Å². The monoisotopic (exact) mass is 640 g/mol. The third kappa shape index (κ3) is 8.44. The lowest BCUT2D eigenvalue weighted by atomic mass is 10.0. The molecule has 3 aromatic rings. The van der Waals surface area contributed by atoms with Gasteiger partial charge in [-0.15, -0.1) is 0 Å². The number of piperidine rings is 1. The third-order valence-electron chi connectivity index (χ3n) is 7.40. The van der Waals surface area contributed by atoms with Crippen LogP contribution >= 0.6 is 11.6 Å². The molecular weight excluding hydrogens is 604 g/mol. The summed E-state index contributed by atoms with van der Waals surface area (Å²) in [6, 6.07) is 11.5. The summed E-state index contributed by atoms with van der Waals surface area (Å²) in [6.45, 7) is 4.37. The standard InChI is InChI=1S/C31H37ClN6O7/c1-3-38-17-25(32)28(36-38)30(40)37-10-7-26-27(18-37)44-19-20-5-4-6-22(13-20)45-24-15-21(14-23(16-24)43-12-11-42-2)29(39)33-8-9-34-31(41)35-26/h4-6,13-17,26-27H,3,7-12,18-19H2,1-2H3,(H,33,39)(H2,34,35,41)/t26-,27-/m0/s1. The molecule has 0 saturated carbocycles. The topological polar surface area (TPSA) is 145 Å². The summed E-state index contributed by atoms with van der Waals surface area (Å²) >= 11 is 6.32. The van der Waals surface area contributed by atoms with E-state index in [4.69, 9.17) is 30.5 Å². The van der Waals surface area contributed by atoms with Crippen LogP contribution in [0.4, 0.5) is 4.79 Å². The Bertz CT molecular complexity index is 1520. The molecular formula is C31H37ClN6O7. The Morgan fingerprint density at radius 1 is 1.11 bits per heavy atom. The minimum atomic E-state index is -0.521. The Labute approximate surface area is 266 Å². The number of ether oxygens (including phenoxy) is 4. The van der Waals surface area contributed by atoms with Crippen molar-refractivity contribution < 1.29 is 33.3 Å². The molecule has 5 rings (SSSR count). The van der Waals surface area contributed by atoms with Gasteiger partial charge in [-0.2, -0.15) is 5.10 Å². The first-order chi connectivity index (χ1) is 21.8. The predicted octanol–water partition coefficient (Wildman–Crippen LogP) is 3.22. The number of hydrogen-bond acceptors (Lipinski definition) is 8. The van der Waals surface area contributed by atoms with E-state index >= 15 is 0 Å². The maximum Gasteiger partial charge on any atom is 0.315 e. The number of nitrogens with one attached hydrogen (secondary N) is 3. The maximum atomic E-state index is 13.4. The maximum absolute atomic E-state index is 13.4. The van der Waals surface area contributed by atoms with Crippen molar-refractivity contribution in [2.75, 3.05) is 46.5 Å². The van der Waals surface area contributed by atoms with Crippen LogP contribution in [0, 0.1) is 0 Å². The Balaban J connectivity index is 1.37. The smallest absolute Gasteiger partial charge is 0.315 e. The minimum absolute atomic E-state index is 0.186. The van der Waals surface area contributed by atoms with E-state index in [1.54, 1.807) is 47.2 Å². The number of hydrogen-bond donors (Lipinski definition) is 3. The highest BCUT2D eigenvalue weighted by molar-refractivity contribution is 6.33. The molecule has 0 radical (unpaired) electrons. The molecule has 3 heterocycles. The van der Waals surface area contributed by atoms with Crippen LogP contribution in [0.2, 0.25) is 5.02 Å². The molecule has 1 aromatic heterocycles. The Kier molecular flexibility index (Phi) is 10.8. The second-order valence-corrected chi connectivity index (χ2v) is 11.0. The number of urea groups is 1. The number of amides is 4. The molecule has 1 fully saturated rings. The van der Waals surface area contributed by atoms with Gasteiger partial charge in [-0.05, 0) is 43.2 Å². The van der Waals surface area contributed by atoms with Crippen LogP contribution in [0.5, 0.6) is 17.2 Å². The molecule has 0 unspecified atom stereocenters. The van der Waals surface area contributed by atoms with E-state index in [0.29, 0.717) is 55.5 Å². The lowest BCUT2D eigenvalue weighted by molar-refractivity contribution is -0.0237. The molecule has 2 atom stereocenters. The van der Waals surface area contributed by atoms with E-state index < -0.39 is 12.1 Å². The second kappa shape index (κ2) is 15.1. The van der Waals surface area contributed by atoms with Gasteiger partial charge >= 0.3 is 6.03 Å². The summed E-state index contributed by atoms with van der Waals surface area (Å²) in [5, 5.41) is 13.2. The van der Waals surface area contributed by atoms with Gasteiger partial charge in [-0.1, -0.05) is 23.7 Å². The molecule has 0 aliphatic carbocycles. The molecule has 240 valence electrons. The van der Waals surface area contributed by atoms with Gasteiger partial charge in [0.2, 0.25) is 0 Å². The second-order valence-electron chi connectivity index (χ2n) is 10.6. The summed E-state index contributed by atoms with van der Waals surface area (Å²) in [5.41, 5.74) is 1.35. The molecule has 14 heteroatoms. The van der Waals surface area contributed by atoms with Crippen LogP contribution in [0.3, 0.4) is 0 Å². The minimum Gasteiger partial charge on any atom is -0.491 e. The highest BCUT2D eigenvalue weighted by atomic mass is 35.5. The van der Waals surface area contributed by atoms with Gasteiger partial charge < -0.3 is 39.8 Å². The summed E-state index contributed by atoms with van der Waals surface area (Å²) in [6.07, 6.45) is 1.56. The molecule has 1 saturated heterocycles. The van der Waals surface area contributed by atoms with Crippen molar-refractivity contribution in [3.05, 3.63) is 70.5 Å². The van der Waals surface area contributed by atoms with Crippen molar-refractivity contribution in [3.63, 3.8) is 0 Å². The van der Waals surface area contributed by atoms with E-state index in [0.717, 1.165) is 5.56 Å². The normalized spacial score (nSPS) is 19.1. The van der Waals surface area contributed by atoms with Gasteiger partial charge in [0.25, 0.3) is 11.8 Å². The molecule has 2 aliphatic heterocycles. The van der Waals surface area contributed by atoms with Gasteiger partial charge in [0.05, 0.1) is 30.4 Å². The largest absolute Gasteiger partial charge is 0.491 e. The lowest BCUT2D eigenvalue weighted by Gasteiger charge is -2.38. The quantitative estimate of drug-likeness (QED) is 0.348. The third-order valence-corrected chi connectivity index (χ3v) is 7.68. The molecule has 4 bridgehead atoms. The fourth-order valence-electron chi connectivity index (χ4n) is 5.09. The molecule has 45 heavy (non-hydrogen) atoms. The number of rotatable bonds is 6. The van der Waals surface area contributed by atoms with Crippen LogP contribution in [0.1, 0.15) is 39.8 Å². The number of fused-ring (bicyclic) bond motifs is 5. The molecule has 13 nitrogen and oxygen atoms in total. The zero-order valence-corrected chi connectivity index (χ0v) is 26.0. The van der Waals surface area contributed by atoms with Gasteiger partial charge in [-0.3, -0.25) is 14.3 Å². The Hall–Kier alpha value is -4.33. The summed E-state index contributed by atoms with van der Waals surface area (Å²) in [5.74, 6) is 0.762. The lowest BCUT2D eigenvalue weighted by Crippen LogP contribution is -2.58. The van der Waals surface area contributed by atoms with Crippen molar-refractivity contribution in [1.82, 2.24) is 30.6 Å². The van der Waals surface area contributed by atoms with Crippen LogP contribution in [0.25, 0.3) is 0 Å². The van der Waals surface area contributed by atoms with Gasteiger partial charge in [0.15, 0.2) is 5.69 Å². The number of aromatic nitrogens is 2. The first-order valence-corrected chi connectivity index (χ1v) is 15.2. The first-order valence-electron chi connectivity index (χ1n) is 14.8. The molecule has 3 N–H and O–H groups in total. The predicted molar refractivity (Wildman–Crippen MR) is 165 cm³/mol. The number of likely N-dealkylation sites (tertiary alicyclic amines) is 1. The molecule has 0 spiro atoms. The molecule has 2 aromatic carbocycles. The average Bonchev–Trinajstić information content (AvgIpc) is 3.42. The number of nitrogens with zero attached hydrogens (tertiary/aromatic N) is 3. The van der Waals surface area contributed by atoms with Crippen molar-refractivity contribution in [3.8, 4) is 17.2 Å². The molecule has 4 amide bonds. The summed E-state index contributed by atoms with van der Waals surface area (Å²) in [4.78, 5) is 40.8. The number of benzene rings is 2. The summed E-state index contributed by atoms with van der Waals surface area (Å²) in [7, 11) is 1.58. The van der Waals surface area contributed by atoms with Gasteiger partial charge in [0.1, 0.15) is 23.9 Å². The van der Waals surface area contributed by atoms with Crippen molar-refractivity contribution >= 4 is 29.4 Å². The number of carbonyl (C=O) groups excluding carboxylic acids is 3. The van der Waals surface area contributed by atoms with Gasteiger partial charge in [0, 0.05) is 57.7 Å². The zero-order valence-electron chi connectivity index (χ0n) is 25.2. The fourth-order valence-corrected chi connectivity index (χ4v) is 5.32. The van der Waals surface area contributed by atoms with Crippen molar-refractivity contribution in [1.29, 1.82) is 0 Å². The van der Waals surface area contributed by atoms with E-state index in [-0.39, 0.29) is 54.8 Å². The van der Waals surface area contributed by atoms with Crippen LogP contribution in [-0.4, -0.2) is 91.2 Å². The van der Waals surface area contributed by atoms with Crippen LogP contribution in [-0.2, 0) is 22.6 Å². The van der Waals surface area contributed by atoms with Crippen molar-refractivity contribution in [2.24, 2.45) is 0 Å². The van der Waals surface area contributed by atoms with Crippen LogP contribution in [0.15, 0.2) is 48.7 Å². The van der Waals surface area contributed by atoms with E-state index in [1.807, 2.05) is 25.1 Å². The average molecular weight is 641 g/mol. The van der Waals surface area contributed by atoms with Gasteiger partial charge in [-0.25, -0.2) is 4.79 Å². The molecule has 2 aliphatic rings. The first kappa shape index (κ1) is 32.1. The number of methoxy groups -OCH3 is 1. The number of carbonyl (C=O) groups is 3. The summed E-state index contributed by atoms with van der Waals surface area (Å²) < 4.78 is 24.9. The fraction of sp³-hybridized carbons (Fsp3) is 0.419.